The van der Waals surface area contributed by atoms with E-state index in [0.29, 0.717) is 5.69 Å². The summed E-state index contributed by atoms with van der Waals surface area (Å²) in [7, 11) is 0. The van der Waals surface area contributed by atoms with E-state index >= 15 is 0 Å². The van der Waals surface area contributed by atoms with Gasteiger partial charge in [-0.1, -0.05) is 36.4 Å². The van der Waals surface area contributed by atoms with Crippen LogP contribution in [0.4, 0.5) is 5.69 Å². The third-order valence-corrected chi connectivity index (χ3v) is 4.71. The first-order valence-corrected chi connectivity index (χ1v) is 8.55. The van der Waals surface area contributed by atoms with Gasteiger partial charge in [0.25, 0.3) is 5.91 Å². The molecular weight excluding hydrogens is 369 g/mol. The highest BCUT2D eigenvalue weighted by Gasteiger charge is 2.23. The number of carbonyl (C=O) groups is 1. The number of aryl methyl sites for hydroxylation is 1. The van der Waals surface area contributed by atoms with Gasteiger partial charge in [0.1, 0.15) is 0 Å². The summed E-state index contributed by atoms with van der Waals surface area (Å²) in [4.78, 5) is 17.1. The van der Waals surface area contributed by atoms with Crippen LogP contribution in [-0.4, -0.2) is 48.4 Å². The SMILES string of the molecule is Cc1ccc(N)cc1C(=O)N1CCN(CCc2ccccc2)CC1.Cl.Cl. The Labute approximate surface area is 168 Å². The highest BCUT2D eigenvalue weighted by atomic mass is 35.5. The molecule has 0 unspecified atom stereocenters. The van der Waals surface area contributed by atoms with E-state index < -0.39 is 0 Å². The number of halogens is 2. The van der Waals surface area contributed by atoms with Crippen molar-refractivity contribution in [2.24, 2.45) is 0 Å². The van der Waals surface area contributed by atoms with E-state index in [-0.39, 0.29) is 30.7 Å². The van der Waals surface area contributed by atoms with Crippen molar-refractivity contribution in [1.29, 1.82) is 0 Å². The van der Waals surface area contributed by atoms with Crippen LogP contribution >= 0.6 is 24.8 Å². The van der Waals surface area contributed by atoms with Crippen LogP contribution in [0.5, 0.6) is 0 Å². The smallest absolute Gasteiger partial charge is 0.254 e. The number of rotatable bonds is 4. The fraction of sp³-hybridized carbons (Fsp3) is 0.350. The van der Waals surface area contributed by atoms with Gasteiger partial charge >= 0.3 is 0 Å². The molecule has 1 amide bonds. The van der Waals surface area contributed by atoms with Crippen molar-refractivity contribution in [3.05, 3.63) is 65.2 Å². The molecule has 2 aromatic rings. The van der Waals surface area contributed by atoms with Gasteiger partial charge in [-0.2, -0.15) is 0 Å². The molecule has 0 spiro atoms. The Balaban J connectivity index is 0.00000169. The van der Waals surface area contributed by atoms with Gasteiger partial charge in [0.2, 0.25) is 0 Å². The highest BCUT2D eigenvalue weighted by Crippen LogP contribution is 2.16. The summed E-state index contributed by atoms with van der Waals surface area (Å²) in [6.45, 7) is 6.43. The Morgan fingerprint density at radius 3 is 2.31 bits per heavy atom. The van der Waals surface area contributed by atoms with Crippen molar-refractivity contribution in [1.82, 2.24) is 9.80 Å². The van der Waals surface area contributed by atoms with Gasteiger partial charge in [-0.05, 0) is 36.6 Å². The van der Waals surface area contributed by atoms with Gasteiger partial charge in [0, 0.05) is 44.0 Å². The number of piperazine rings is 1. The average molecular weight is 396 g/mol. The summed E-state index contributed by atoms with van der Waals surface area (Å²) < 4.78 is 0. The Kier molecular flexibility index (Phi) is 8.93. The molecule has 2 aromatic carbocycles. The van der Waals surface area contributed by atoms with Crippen LogP contribution in [0.2, 0.25) is 0 Å². The molecule has 0 aliphatic carbocycles. The first-order chi connectivity index (χ1) is 11.6. The van der Waals surface area contributed by atoms with Crippen LogP contribution in [0, 0.1) is 6.92 Å². The molecule has 3 rings (SSSR count). The maximum absolute atomic E-state index is 12.7. The quantitative estimate of drug-likeness (QED) is 0.806. The summed E-state index contributed by atoms with van der Waals surface area (Å²) in [5.74, 6) is 0.0995. The molecule has 1 aliphatic rings. The Morgan fingerprint density at radius 1 is 1.00 bits per heavy atom. The maximum Gasteiger partial charge on any atom is 0.254 e. The molecule has 0 bridgehead atoms. The number of anilines is 1. The average Bonchev–Trinajstić information content (AvgIpc) is 2.63. The summed E-state index contributed by atoms with van der Waals surface area (Å²) in [5.41, 5.74) is 9.56. The van der Waals surface area contributed by atoms with Crippen LogP contribution < -0.4 is 5.73 Å². The molecular formula is C20H27Cl2N3O. The second-order valence-corrected chi connectivity index (χ2v) is 6.44. The third-order valence-electron chi connectivity index (χ3n) is 4.71. The van der Waals surface area contributed by atoms with Crippen LogP contribution in [0.1, 0.15) is 21.5 Å². The van der Waals surface area contributed by atoms with E-state index in [1.54, 1.807) is 6.07 Å². The largest absolute Gasteiger partial charge is 0.399 e. The van der Waals surface area contributed by atoms with E-state index in [0.717, 1.165) is 50.3 Å². The lowest BCUT2D eigenvalue weighted by Crippen LogP contribution is -2.49. The highest BCUT2D eigenvalue weighted by molar-refractivity contribution is 5.96. The lowest BCUT2D eigenvalue weighted by molar-refractivity contribution is 0.0638. The molecule has 1 saturated heterocycles. The summed E-state index contributed by atoms with van der Waals surface area (Å²) >= 11 is 0. The van der Waals surface area contributed by atoms with Crippen LogP contribution in [0.25, 0.3) is 0 Å². The van der Waals surface area contributed by atoms with E-state index in [1.165, 1.54) is 5.56 Å². The molecule has 0 saturated carbocycles. The number of amides is 1. The van der Waals surface area contributed by atoms with Crippen LogP contribution in [0.3, 0.4) is 0 Å². The minimum absolute atomic E-state index is 0. The molecule has 0 atom stereocenters. The zero-order chi connectivity index (χ0) is 16.9. The molecule has 0 radical (unpaired) electrons. The van der Waals surface area contributed by atoms with Crippen LogP contribution in [-0.2, 0) is 6.42 Å². The topological polar surface area (TPSA) is 49.6 Å². The van der Waals surface area contributed by atoms with Crippen molar-refractivity contribution in [3.63, 3.8) is 0 Å². The number of hydrogen-bond donors (Lipinski definition) is 1. The van der Waals surface area contributed by atoms with E-state index in [1.807, 2.05) is 30.0 Å². The molecule has 0 aromatic heterocycles. The molecule has 1 fully saturated rings. The minimum atomic E-state index is 0. The van der Waals surface area contributed by atoms with Gasteiger partial charge < -0.3 is 10.6 Å². The van der Waals surface area contributed by atoms with Crippen molar-refractivity contribution < 1.29 is 4.79 Å². The Bertz CT molecular complexity index is 701. The summed E-state index contributed by atoms with van der Waals surface area (Å²) in [6, 6.07) is 16.1. The number of nitrogen functional groups attached to an aromatic ring is 1. The minimum Gasteiger partial charge on any atom is -0.399 e. The zero-order valence-corrected chi connectivity index (χ0v) is 16.7. The number of nitrogens with two attached hydrogens (primary N) is 1. The lowest BCUT2D eigenvalue weighted by atomic mass is 10.1. The third kappa shape index (κ3) is 5.63. The Hall–Kier alpha value is -1.75. The fourth-order valence-electron chi connectivity index (χ4n) is 3.15. The number of nitrogens with zero attached hydrogens (tertiary/aromatic N) is 2. The monoisotopic (exact) mass is 395 g/mol. The molecule has 2 N–H and O–H groups in total. The zero-order valence-electron chi connectivity index (χ0n) is 15.1. The molecule has 1 aliphatic heterocycles. The van der Waals surface area contributed by atoms with Crippen molar-refractivity contribution >= 4 is 36.4 Å². The summed E-state index contributed by atoms with van der Waals surface area (Å²) in [6.07, 6.45) is 1.06. The van der Waals surface area contributed by atoms with Crippen molar-refractivity contribution in [2.75, 3.05) is 38.5 Å². The van der Waals surface area contributed by atoms with E-state index in [4.69, 9.17) is 5.73 Å². The standard InChI is InChI=1S/C20H25N3O.2ClH/c1-16-7-8-18(21)15-19(16)20(24)23-13-11-22(12-14-23)10-9-17-5-3-2-4-6-17;;/h2-8,15H,9-14,21H2,1H3;2*1H. The van der Waals surface area contributed by atoms with Crippen LogP contribution in [0.15, 0.2) is 48.5 Å². The van der Waals surface area contributed by atoms with E-state index in [2.05, 4.69) is 29.2 Å². The number of hydrogen-bond acceptors (Lipinski definition) is 3. The molecule has 1 heterocycles. The summed E-state index contributed by atoms with van der Waals surface area (Å²) in [5, 5.41) is 0. The Morgan fingerprint density at radius 2 is 1.65 bits per heavy atom. The fourth-order valence-corrected chi connectivity index (χ4v) is 3.15. The first-order valence-electron chi connectivity index (χ1n) is 8.55. The lowest BCUT2D eigenvalue weighted by Gasteiger charge is -2.35. The van der Waals surface area contributed by atoms with E-state index in [9.17, 15) is 4.79 Å². The first kappa shape index (κ1) is 22.3. The van der Waals surface area contributed by atoms with Gasteiger partial charge in [-0.15, -0.1) is 24.8 Å². The molecule has 26 heavy (non-hydrogen) atoms. The molecule has 142 valence electrons. The normalized spacial score (nSPS) is 14.3. The predicted octanol–water partition coefficient (Wildman–Crippen LogP) is 3.42. The second-order valence-electron chi connectivity index (χ2n) is 6.44. The number of carbonyl (C=O) groups excluding carboxylic acids is 1. The van der Waals surface area contributed by atoms with Gasteiger partial charge in [-0.25, -0.2) is 0 Å². The second kappa shape index (κ2) is 10.4. The molecule has 6 heteroatoms. The van der Waals surface area contributed by atoms with Gasteiger partial charge in [0.05, 0.1) is 0 Å². The van der Waals surface area contributed by atoms with Crippen molar-refractivity contribution in [3.8, 4) is 0 Å². The van der Waals surface area contributed by atoms with Gasteiger partial charge in [-0.3, -0.25) is 9.69 Å². The maximum atomic E-state index is 12.7. The van der Waals surface area contributed by atoms with Gasteiger partial charge in [0.15, 0.2) is 0 Å². The van der Waals surface area contributed by atoms with Crippen molar-refractivity contribution in [2.45, 2.75) is 13.3 Å². The predicted molar refractivity (Wildman–Crippen MR) is 113 cm³/mol. The number of benzene rings is 2. The molecule has 4 nitrogen and oxygen atoms in total.